The van der Waals surface area contributed by atoms with Crippen LogP contribution in [0.3, 0.4) is 0 Å². The summed E-state index contributed by atoms with van der Waals surface area (Å²) in [6.07, 6.45) is 11.7. The van der Waals surface area contributed by atoms with Crippen molar-refractivity contribution in [2.75, 3.05) is 46.4 Å². The molecule has 0 amide bonds. The third-order valence-corrected chi connectivity index (χ3v) is 9.16. The van der Waals surface area contributed by atoms with Crippen LogP contribution < -0.4 is 0 Å². The molecular weight excluding hydrogens is 430 g/mol. The number of rotatable bonds is 4. The minimum atomic E-state index is 0.612. The van der Waals surface area contributed by atoms with E-state index < -0.39 is 0 Å². The Labute approximate surface area is 200 Å². The zero-order valence-corrected chi connectivity index (χ0v) is 20.4. The standard InChI is InChI=1S/C26H35N5OS/c1-30-8-6-19(7-9-30)26-29-24(17-33-26)23-16-28-25-22(23)14-20(15-27-25)18-2-4-21(5-3-18)31-10-12-32-13-11-31/h14-19,21H,2-13H2,1H3,(H,27,28)/t18-,21-. The van der Waals surface area contributed by atoms with E-state index in [0.717, 1.165) is 43.7 Å². The largest absolute Gasteiger partial charge is 0.379 e. The van der Waals surface area contributed by atoms with Gasteiger partial charge in [-0.15, -0.1) is 11.3 Å². The summed E-state index contributed by atoms with van der Waals surface area (Å²) in [4.78, 5) is 18.4. The van der Waals surface area contributed by atoms with Crippen LogP contribution in [0, 0.1) is 0 Å². The summed E-state index contributed by atoms with van der Waals surface area (Å²) < 4.78 is 5.54. The SMILES string of the molecule is CN1CCC(c2nc(-c3c[nH]c4ncc([C@H]5CC[C@H](N6CCOCC6)CC5)cc34)cs2)CC1. The van der Waals surface area contributed by atoms with Gasteiger partial charge >= 0.3 is 0 Å². The maximum atomic E-state index is 5.54. The van der Waals surface area contributed by atoms with E-state index in [1.807, 2.05) is 11.3 Å². The van der Waals surface area contributed by atoms with Crippen molar-refractivity contribution in [2.45, 2.75) is 56.4 Å². The highest BCUT2D eigenvalue weighted by molar-refractivity contribution is 7.10. The van der Waals surface area contributed by atoms with Gasteiger partial charge in [-0.05, 0) is 76.2 Å². The molecule has 33 heavy (non-hydrogen) atoms. The molecule has 3 aromatic heterocycles. The molecule has 5 heterocycles. The Bertz CT molecular complexity index is 1070. The number of hydrogen-bond acceptors (Lipinski definition) is 6. The lowest BCUT2D eigenvalue weighted by atomic mass is 9.81. The quantitative estimate of drug-likeness (QED) is 0.597. The molecule has 7 heteroatoms. The summed E-state index contributed by atoms with van der Waals surface area (Å²) in [5, 5.41) is 4.78. The normalized spacial score (nSPS) is 26.2. The molecule has 3 fully saturated rings. The third kappa shape index (κ3) is 4.48. The molecule has 2 aliphatic heterocycles. The molecule has 0 bridgehead atoms. The van der Waals surface area contributed by atoms with Gasteiger partial charge in [0.1, 0.15) is 5.65 Å². The number of morpholine rings is 1. The second kappa shape index (κ2) is 9.45. The molecular formula is C26H35N5OS. The number of aromatic nitrogens is 3. The zero-order valence-electron chi connectivity index (χ0n) is 19.6. The number of piperidine rings is 1. The lowest BCUT2D eigenvalue weighted by molar-refractivity contribution is 0.00729. The van der Waals surface area contributed by atoms with Crippen molar-refractivity contribution in [3.8, 4) is 11.3 Å². The van der Waals surface area contributed by atoms with E-state index in [4.69, 9.17) is 14.7 Å². The van der Waals surface area contributed by atoms with Crippen molar-refractivity contribution in [1.82, 2.24) is 24.8 Å². The first-order chi connectivity index (χ1) is 16.2. The van der Waals surface area contributed by atoms with E-state index in [0.29, 0.717) is 11.8 Å². The number of nitrogens with zero attached hydrogens (tertiary/aromatic N) is 4. The van der Waals surface area contributed by atoms with Gasteiger partial charge in [0, 0.05) is 53.8 Å². The van der Waals surface area contributed by atoms with Gasteiger partial charge in [0.25, 0.3) is 0 Å². The van der Waals surface area contributed by atoms with Crippen molar-refractivity contribution in [2.24, 2.45) is 0 Å². The average Bonchev–Trinajstić information content (AvgIpc) is 3.52. The summed E-state index contributed by atoms with van der Waals surface area (Å²) in [5.41, 5.74) is 4.69. The number of fused-ring (bicyclic) bond motifs is 1. The second-order valence-electron chi connectivity index (χ2n) is 10.2. The van der Waals surface area contributed by atoms with E-state index >= 15 is 0 Å². The van der Waals surface area contributed by atoms with E-state index in [1.54, 1.807) is 0 Å². The number of likely N-dealkylation sites (tertiary alicyclic amines) is 1. The fraction of sp³-hybridized carbons (Fsp3) is 0.615. The minimum absolute atomic E-state index is 0.612. The molecule has 0 radical (unpaired) electrons. The smallest absolute Gasteiger partial charge is 0.137 e. The molecule has 6 nitrogen and oxygen atoms in total. The molecule has 1 aliphatic carbocycles. The molecule has 0 unspecified atom stereocenters. The van der Waals surface area contributed by atoms with Crippen LogP contribution in [-0.2, 0) is 4.74 Å². The van der Waals surface area contributed by atoms with Crippen LogP contribution in [0.25, 0.3) is 22.3 Å². The average molecular weight is 466 g/mol. The van der Waals surface area contributed by atoms with Gasteiger partial charge in [0.05, 0.1) is 23.9 Å². The molecule has 0 atom stereocenters. The molecule has 0 aromatic carbocycles. The Balaban J connectivity index is 1.18. The van der Waals surface area contributed by atoms with Gasteiger partial charge in [-0.1, -0.05) is 0 Å². The summed E-state index contributed by atoms with van der Waals surface area (Å²) in [7, 11) is 2.22. The molecule has 176 valence electrons. The fourth-order valence-electron chi connectivity index (χ4n) is 6.03. The van der Waals surface area contributed by atoms with Gasteiger partial charge in [0.15, 0.2) is 0 Å². The summed E-state index contributed by atoms with van der Waals surface area (Å²) in [6.45, 7) is 6.34. The molecule has 6 rings (SSSR count). The first-order valence-electron chi connectivity index (χ1n) is 12.7. The van der Waals surface area contributed by atoms with Gasteiger partial charge in [-0.2, -0.15) is 0 Å². The lowest BCUT2D eigenvalue weighted by Gasteiger charge is -2.38. The van der Waals surface area contributed by atoms with Crippen molar-refractivity contribution in [3.05, 3.63) is 34.4 Å². The fourth-order valence-corrected chi connectivity index (χ4v) is 7.02. The number of H-pyrrole nitrogens is 1. The zero-order chi connectivity index (χ0) is 22.2. The van der Waals surface area contributed by atoms with E-state index in [9.17, 15) is 0 Å². The Hall–Kier alpha value is -1.80. The van der Waals surface area contributed by atoms with Gasteiger partial charge in [-0.3, -0.25) is 4.90 Å². The van der Waals surface area contributed by atoms with Crippen molar-refractivity contribution < 1.29 is 4.74 Å². The molecule has 3 aliphatic rings. The number of aromatic amines is 1. The van der Waals surface area contributed by atoms with Crippen LogP contribution in [0.4, 0.5) is 0 Å². The number of ether oxygens (including phenoxy) is 1. The molecule has 0 spiro atoms. The monoisotopic (exact) mass is 465 g/mol. The summed E-state index contributed by atoms with van der Waals surface area (Å²) in [5.74, 6) is 1.23. The molecule has 2 saturated heterocycles. The number of thiazole rings is 1. The first-order valence-corrected chi connectivity index (χ1v) is 13.6. The van der Waals surface area contributed by atoms with Crippen molar-refractivity contribution in [1.29, 1.82) is 0 Å². The van der Waals surface area contributed by atoms with Crippen LogP contribution in [0.5, 0.6) is 0 Å². The highest BCUT2D eigenvalue weighted by atomic mass is 32.1. The van der Waals surface area contributed by atoms with Crippen LogP contribution in [0.1, 0.15) is 60.9 Å². The number of hydrogen-bond donors (Lipinski definition) is 1. The van der Waals surface area contributed by atoms with E-state index in [2.05, 4.69) is 45.7 Å². The Kier molecular flexibility index (Phi) is 6.22. The number of pyridine rings is 1. The summed E-state index contributed by atoms with van der Waals surface area (Å²) in [6, 6.07) is 3.13. The van der Waals surface area contributed by atoms with Gasteiger partial charge < -0.3 is 14.6 Å². The van der Waals surface area contributed by atoms with E-state index in [1.165, 1.54) is 73.1 Å². The maximum Gasteiger partial charge on any atom is 0.137 e. The topological polar surface area (TPSA) is 57.3 Å². The van der Waals surface area contributed by atoms with Crippen molar-refractivity contribution in [3.63, 3.8) is 0 Å². The van der Waals surface area contributed by atoms with Crippen LogP contribution in [-0.4, -0.2) is 77.2 Å². The van der Waals surface area contributed by atoms with Crippen LogP contribution >= 0.6 is 11.3 Å². The Morgan fingerprint density at radius 1 is 1.00 bits per heavy atom. The predicted octanol–water partition coefficient (Wildman–Crippen LogP) is 4.85. The number of nitrogens with one attached hydrogen (secondary N) is 1. The van der Waals surface area contributed by atoms with Gasteiger partial charge in [-0.25, -0.2) is 9.97 Å². The van der Waals surface area contributed by atoms with E-state index in [-0.39, 0.29) is 0 Å². The molecule has 1 N–H and O–H groups in total. The summed E-state index contributed by atoms with van der Waals surface area (Å²) >= 11 is 1.83. The minimum Gasteiger partial charge on any atom is -0.379 e. The third-order valence-electron chi connectivity index (χ3n) is 8.15. The van der Waals surface area contributed by atoms with Gasteiger partial charge in [0.2, 0.25) is 0 Å². The highest BCUT2D eigenvalue weighted by Gasteiger charge is 2.28. The molecule has 1 saturated carbocycles. The first kappa shape index (κ1) is 21.7. The Morgan fingerprint density at radius 3 is 2.58 bits per heavy atom. The molecule has 3 aromatic rings. The second-order valence-corrected chi connectivity index (χ2v) is 11.1. The lowest BCUT2D eigenvalue weighted by Crippen LogP contribution is -2.44. The van der Waals surface area contributed by atoms with Crippen molar-refractivity contribution >= 4 is 22.4 Å². The Morgan fingerprint density at radius 2 is 1.79 bits per heavy atom. The van der Waals surface area contributed by atoms with Crippen LogP contribution in [0.15, 0.2) is 23.8 Å². The predicted molar refractivity (Wildman–Crippen MR) is 134 cm³/mol. The maximum absolute atomic E-state index is 5.54. The highest BCUT2D eigenvalue weighted by Crippen LogP contribution is 2.38. The van der Waals surface area contributed by atoms with Crippen LogP contribution in [0.2, 0.25) is 0 Å².